The van der Waals surface area contributed by atoms with Crippen LogP contribution in [0.1, 0.15) is 25.0 Å². The van der Waals surface area contributed by atoms with Gasteiger partial charge in [0.15, 0.2) is 0 Å². The van der Waals surface area contributed by atoms with E-state index in [1.54, 1.807) is 0 Å². The standard InChI is InChI=1S/C19H23O3P/c1-3-20-23(21-4-2)22-16-15-19(17-11-7-5-8-12-17)18-13-9-6-10-14-18/h5-15H,3-4,16H2,1-2H3. The van der Waals surface area contributed by atoms with Crippen LogP contribution in [-0.4, -0.2) is 19.8 Å². The van der Waals surface area contributed by atoms with Gasteiger partial charge < -0.3 is 13.6 Å². The summed E-state index contributed by atoms with van der Waals surface area (Å²) in [5.74, 6) is 0. The van der Waals surface area contributed by atoms with E-state index in [-0.39, 0.29) is 0 Å². The van der Waals surface area contributed by atoms with Gasteiger partial charge in [0.1, 0.15) is 0 Å². The molecule has 0 atom stereocenters. The predicted molar refractivity (Wildman–Crippen MR) is 96.1 cm³/mol. The molecule has 122 valence electrons. The Morgan fingerprint density at radius 3 is 1.70 bits per heavy atom. The van der Waals surface area contributed by atoms with Crippen molar-refractivity contribution < 1.29 is 13.6 Å². The molecule has 0 aliphatic carbocycles. The zero-order valence-corrected chi connectivity index (χ0v) is 14.5. The van der Waals surface area contributed by atoms with Crippen LogP contribution in [0.4, 0.5) is 0 Å². The first-order chi connectivity index (χ1) is 11.3. The largest absolute Gasteiger partial charge is 0.332 e. The fourth-order valence-electron chi connectivity index (χ4n) is 2.14. The molecule has 23 heavy (non-hydrogen) atoms. The van der Waals surface area contributed by atoms with Gasteiger partial charge in [-0.05, 0) is 36.6 Å². The number of hydrogen-bond acceptors (Lipinski definition) is 3. The Labute approximate surface area is 139 Å². The molecule has 4 heteroatoms. The minimum Gasteiger partial charge on any atom is -0.313 e. The first-order valence-corrected chi connectivity index (χ1v) is 8.94. The quantitative estimate of drug-likeness (QED) is 0.573. The van der Waals surface area contributed by atoms with E-state index in [9.17, 15) is 0 Å². The number of benzene rings is 2. The third kappa shape index (κ3) is 5.89. The second-order valence-corrected chi connectivity index (χ2v) is 5.93. The molecule has 2 aromatic carbocycles. The Balaban J connectivity index is 2.14. The van der Waals surface area contributed by atoms with E-state index in [1.165, 1.54) is 11.1 Å². The van der Waals surface area contributed by atoms with Gasteiger partial charge in [-0.2, -0.15) is 0 Å². The summed E-state index contributed by atoms with van der Waals surface area (Å²) in [5.41, 5.74) is 3.48. The van der Waals surface area contributed by atoms with Crippen LogP contribution in [0.2, 0.25) is 0 Å². The molecule has 0 aromatic heterocycles. The van der Waals surface area contributed by atoms with Gasteiger partial charge in [0.05, 0.1) is 19.8 Å². The van der Waals surface area contributed by atoms with E-state index >= 15 is 0 Å². The van der Waals surface area contributed by atoms with Crippen LogP contribution in [0.5, 0.6) is 0 Å². The van der Waals surface area contributed by atoms with E-state index in [1.807, 2.05) is 50.2 Å². The Morgan fingerprint density at radius 1 is 0.783 bits per heavy atom. The molecule has 0 saturated carbocycles. The van der Waals surface area contributed by atoms with Crippen molar-refractivity contribution in [3.05, 3.63) is 77.9 Å². The van der Waals surface area contributed by atoms with Gasteiger partial charge >= 0.3 is 8.60 Å². The monoisotopic (exact) mass is 330 g/mol. The minimum absolute atomic E-state index is 0.449. The van der Waals surface area contributed by atoms with Gasteiger partial charge in [-0.15, -0.1) is 0 Å². The van der Waals surface area contributed by atoms with Crippen molar-refractivity contribution in [3.63, 3.8) is 0 Å². The molecule has 0 amide bonds. The average Bonchev–Trinajstić information content (AvgIpc) is 2.60. The molecular weight excluding hydrogens is 307 g/mol. The van der Waals surface area contributed by atoms with Crippen molar-refractivity contribution in [1.29, 1.82) is 0 Å². The molecule has 0 fully saturated rings. The summed E-state index contributed by atoms with van der Waals surface area (Å²) >= 11 is 0. The molecule has 2 rings (SSSR count). The van der Waals surface area contributed by atoms with Crippen LogP contribution in [0.15, 0.2) is 66.7 Å². The van der Waals surface area contributed by atoms with Gasteiger partial charge in [0.2, 0.25) is 0 Å². The van der Waals surface area contributed by atoms with E-state index in [4.69, 9.17) is 13.6 Å². The molecule has 3 nitrogen and oxygen atoms in total. The molecule has 0 aliphatic rings. The SMILES string of the molecule is CCOP(OCC)OCC=C(c1ccccc1)c1ccccc1. The van der Waals surface area contributed by atoms with Crippen molar-refractivity contribution in [2.75, 3.05) is 19.8 Å². The molecule has 0 saturated heterocycles. The second-order valence-electron chi connectivity index (χ2n) is 4.70. The van der Waals surface area contributed by atoms with Crippen molar-refractivity contribution in [1.82, 2.24) is 0 Å². The van der Waals surface area contributed by atoms with Crippen LogP contribution >= 0.6 is 8.60 Å². The molecule has 2 aromatic rings. The van der Waals surface area contributed by atoms with Crippen LogP contribution in [0, 0.1) is 0 Å². The van der Waals surface area contributed by atoms with E-state index in [2.05, 4.69) is 30.3 Å². The summed E-state index contributed by atoms with van der Waals surface area (Å²) in [6, 6.07) is 20.6. The number of rotatable bonds is 9. The third-order valence-corrected chi connectivity index (χ3v) is 4.40. The lowest BCUT2D eigenvalue weighted by Gasteiger charge is -2.14. The highest BCUT2D eigenvalue weighted by Crippen LogP contribution is 2.39. The van der Waals surface area contributed by atoms with E-state index in [0.717, 1.165) is 5.57 Å². The van der Waals surface area contributed by atoms with Gasteiger partial charge in [-0.3, -0.25) is 0 Å². The zero-order valence-electron chi connectivity index (χ0n) is 13.6. The maximum atomic E-state index is 5.74. The van der Waals surface area contributed by atoms with Gasteiger partial charge in [-0.1, -0.05) is 60.7 Å². The van der Waals surface area contributed by atoms with E-state index in [0.29, 0.717) is 19.8 Å². The first kappa shape index (κ1) is 17.8. The summed E-state index contributed by atoms with van der Waals surface area (Å²) in [4.78, 5) is 0. The molecule has 0 N–H and O–H groups in total. The van der Waals surface area contributed by atoms with E-state index < -0.39 is 8.60 Å². The summed E-state index contributed by atoms with van der Waals surface area (Å²) in [7, 11) is -1.27. The first-order valence-electron chi connectivity index (χ1n) is 7.85. The lowest BCUT2D eigenvalue weighted by molar-refractivity contribution is 0.182. The van der Waals surface area contributed by atoms with Gasteiger partial charge in [-0.25, -0.2) is 0 Å². The minimum atomic E-state index is -1.27. The molecule has 0 spiro atoms. The van der Waals surface area contributed by atoms with Crippen LogP contribution in [-0.2, 0) is 13.6 Å². The van der Waals surface area contributed by atoms with Crippen LogP contribution in [0.25, 0.3) is 5.57 Å². The number of hydrogen-bond donors (Lipinski definition) is 0. The predicted octanol–water partition coefficient (Wildman–Crippen LogP) is 5.43. The molecule has 0 radical (unpaired) electrons. The fourth-order valence-corrected chi connectivity index (χ4v) is 2.98. The zero-order chi connectivity index (χ0) is 16.3. The summed E-state index contributed by atoms with van der Waals surface area (Å²) in [6.45, 7) is 5.49. The molecule has 0 aliphatic heterocycles. The highest BCUT2D eigenvalue weighted by Gasteiger charge is 2.10. The Hall–Kier alpha value is -1.51. The Bertz CT molecular complexity index is 537. The van der Waals surface area contributed by atoms with Crippen molar-refractivity contribution in [3.8, 4) is 0 Å². The van der Waals surface area contributed by atoms with Crippen molar-refractivity contribution in [2.24, 2.45) is 0 Å². The van der Waals surface area contributed by atoms with Crippen molar-refractivity contribution >= 4 is 14.2 Å². The summed E-state index contributed by atoms with van der Waals surface area (Å²) in [5, 5.41) is 0. The highest BCUT2D eigenvalue weighted by molar-refractivity contribution is 7.41. The average molecular weight is 330 g/mol. The second kappa shape index (κ2) is 10.3. The summed E-state index contributed by atoms with van der Waals surface area (Å²) < 4.78 is 16.7. The smallest absolute Gasteiger partial charge is 0.313 e. The summed E-state index contributed by atoms with van der Waals surface area (Å²) in [6.07, 6.45) is 2.08. The topological polar surface area (TPSA) is 27.7 Å². The lowest BCUT2D eigenvalue weighted by Crippen LogP contribution is -1.97. The normalized spacial score (nSPS) is 10.7. The Kier molecular flexibility index (Phi) is 7.99. The fraction of sp³-hybridized carbons (Fsp3) is 0.263. The molecular formula is C19H23O3P. The van der Waals surface area contributed by atoms with Crippen LogP contribution in [0.3, 0.4) is 0 Å². The third-order valence-electron chi connectivity index (χ3n) is 3.11. The highest BCUT2D eigenvalue weighted by atomic mass is 31.2. The molecule has 0 bridgehead atoms. The maximum absolute atomic E-state index is 5.74. The van der Waals surface area contributed by atoms with Crippen LogP contribution < -0.4 is 0 Å². The lowest BCUT2D eigenvalue weighted by atomic mass is 9.98. The maximum Gasteiger partial charge on any atom is 0.332 e. The van der Waals surface area contributed by atoms with Gasteiger partial charge in [0.25, 0.3) is 0 Å². The molecule has 0 unspecified atom stereocenters. The van der Waals surface area contributed by atoms with Crippen molar-refractivity contribution in [2.45, 2.75) is 13.8 Å². The Morgan fingerprint density at radius 2 is 1.26 bits per heavy atom. The van der Waals surface area contributed by atoms with Gasteiger partial charge in [0, 0.05) is 0 Å². The molecule has 0 heterocycles.